The largest absolute Gasteiger partial charge is 0.465 e. The van der Waals surface area contributed by atoms with Gasteiger partial charge in [0.25, 0.3) is 0 Å². The van der Waals surface area contributed by atoms with Gasteiger partial charge in [-0.2, -0.15) is 0 Å². The quantitative estimate of drug-likeness (QED) is 0.638. The van der Waals surface area contributed by atoms with Crippen LogP contribution in [-0.2, 0) is 16.0 Å². The van der Waals surface area contributed by atoms with Crippen LogP contribution in [0, 0.1) is 0 Å². The van der Waals surface area contributed by atoms with Gasteiger partial charge in [-0.3, -0.25) is 4.79 Å². The predicted molar refractivity (Wildman–Crippen MR) is 115 cm³/mol. The standard InChI is InChI=1S/C22H21N3O3S/c1-13-9-17-10-15(7-8-20(17)25(13)14(2)26)19-12-29-22(24-19)23-18-6-4-5-16(11-18)21(27)28-3/h4-8,10-13H,9H2,1-3H3,(H,23,24). The number of nitrogens with one attached hydrogen (secondary N) is 1. The van der Waals surface area contributed by atoms with Gasteiger partial charge < -0.3 is 15.0 Å². The summed E-state index contributed by atoms with van der Waals surface area (Å²) in [6.07, 6.45) is 0.846. The van der Waals surface area contributed by atoms with Crippen LogP contribution in [-0.4, -0.2) is 30.0 Å². The number of benzene rings is 2. The molecule has 1 atom stereocenters. The van der Waals surface area contributed by atoms with Gasteiger partial charge >= 0.3 is 5.97 Å². The zero-order valence-corrected chi connectivity index (χ0v) is 17.2. The lowest BCUT2D eigenvalue weighted by Gasteiger charge is -2.20. The number of anilines is 3. The van der Waals surface area contributed by atoms with E-state index in [1.807, 2.05) is 28.5 Å². The predicted octanol–water partition coefficient (Wildman–Crippen LogP) is 4.64. The minimum Gasteiger partial charge on any atom is -0.465 e. The molecule has 0 spiro atoms. The number of amides is 1. The Kier molecular flexibility index (Phi) is 5.07. The van der Waals surface area contributed by atoms with Crippen LogP contribution >= 0.6 is 11.3 Å². The normalized spacial score (nSPS) is 15.1. The Morgan fingerprint density at radius 1 is 1.24 bits per heavy atom. The molecule has 0 saturated carbocycles. The molecule has 0 radical (unpaired) electrons. The van der Waals surface area contributed by atoms with Crippen LogP contribution in [0.5, 0.6) is 0 Å². The van der Waals surface area contributed by atoms with Crippen molar-refractivity contribution in [3.63, 3.8) is 0 Å². The van der Waals surface area contributed by atoms with Gasteiger partial charge in [0.1, 0.15) is 0 Å². The van der Waals surface area contributed by atoms with Crippen molar-refractivity contribution in [3.05, 3.63) is 59.0 Å². The van der Waals surface area contributed by atoms with Crippen molar-refractivity contribution in [3.8, 4) is 11.3 Å². The molecule has 1 aliphatic rings. The summed E-state index contributed by atoms with van der Waals surface area (Å²) in [4.78, 5) is 30.1. The molecular weight excluding hydrogens is 386 g/mol. The molecule has 1 N–H and O–H groups in total. The summed E-state index contributed by atoms with van der Waals surface area (Å²) in [5.74, 6) is -0.307. The zero-order valence-electron chi connectivity index (χ0n) is 16.4. The zero-order chi connectivity index (χ0) is 20.5. The third-order valence-corrected chi connectivity index (χ3v) is 5.73. The molecule has 0 bridgehead atoms. The van der Waals surface area contributed by atoms with Crippen LogP contribution in [0.2, 0.25) is 0 Å². The van der Waals surface area contributed by atoms with Gasteiger partial charge in [0.15, 0.2) is 5.13 Å². The highest BCUT2D eigenvalue weighted by Gasteiger charge is 2.29. The first-order valence-corrected chi connectivity index (χ1v) is 10.2. The fraction of sp³-hybridized carbons (Fsp3) is 0.227. The molecule has 1 unspecified atom stereocenters. The van der Waals surface area contributed by atoms with Gasteiger partial charge in [-0.1, -0.05) is 12.1 Å². The molecule has 0 saturated heterocycles. The monoisotopic (exact) mass is 407 g/mol. The number of thiazole rings is 1. The maximum atomic E-state index is 11.9. The highest BCUT2D eigenvalue weighted by atomic mass is 32.1. The lowest BCUT2D eigenvalue weighted by molar-refractivity contribution is -0.116. The Morgan fingerprint density at radius 2 is 2.07 bits per heavy atom. The summed E-state index contributed by atoms with van der Waals surface area (Å²) in [5.41, 5.74) is 5.30. The highest BCUT2D eigenvalue weighted by molar-refractivity contribution is 7.14. The molecule has 148 valence electrons. The molecular formula is C22H21N3O3S. The maximum Gasteiger partial charge on any atom is 0.337 e. The molecule has 2 aromatic carbocycles. The van der Waals surface area contributed by atoms with Crippen molar-refractivity contribution in [2.45, 2.75) is 26.3 Å². The lowest BCUT2D eigenvalue weighted by Crippen LogP contribution is -2.33. The summed E-state index contributed by atoms with van der Waals surface area (Å²) < 4.78 is 4.77. The van der Waals surface area contributed by atoms with Gasteiger partial charge in [-0.15, -0.1) is 11.3 Å². The topological polar surface area (TPSA) is 71.5 Å². The van der Waals surface area contributed by atoms with Gasteiger partial charge in [0.05, 0.1) is 18.4 Å². The lowest BCUT2D eigenvalue weighted by atomic mass is 10.1. The minimum atomic E-state index is -0.375. The molecule has 2 heterocycles. The molecule has 1 amide bonds. The average molecular weight is 407 g/mol. The number of methoxy groups -OCH3 is 1. The number of carbonyl (C=O) groups is 2. The Morgan fingerprint density at radius 3 is 2.83 bits per heavy atom. The number of ether oxygens (including phenoxy) is 1. The van der Waals surface area contributed by atoms with Crippen LogP contribution < -0.4 is 10.2 Å². The van der Waals surface area contributed by atoms with E-state index >= 15 is 0 Å². The summed E-state index contributed by atoms with van der Waals surface area (Å²) in [6.45, 7) is 3.67. The number of carbonyl (C=O) groups excluding carboxylic acids is 2. The Bertz CT molecular complexity index is 1090. The van der Waals surface area contributed by atoms with Crippen LogP contribution in [0.3, 0.4) is 0 Å². The van der Waals surface area contributed by atoms with E-state index in [1.165, 1.54) is 24.0 Å². The molecule has 7 heteroatoms. The van der Waals surface area contributed by atoms with E-state index in [1.54, 1.807) is 25.1 Å². The van der Waals surface area contributed by atoms with Crippen LogP contribution in [0.25, 0.3) is 11.3 Å². The first kappa shape index (κ1) is 19.1. The maximum absolute atomic E-state index is 11.9. The second-order valence-electron chi connectivity index (χ2n) is 7.02. The van der Waals surface area contributed by atoms with Gasteiger partial charge in [0.2, 0.25) is 5.91 Å². The van der Waals surface area contributed by atoms with E-state index < -0.39 is 0 Å². The van der Waals surface area contributed by atoms with Gasteiger partial charge in [-0.25, -0.2) is 9.78 Å². The van der Waals surface area contributed by atoms with E-state index in [0.717, 1.165) is 34.2 Å². The van der Waals surface area contributed by atoms with E-state index in [4.69, 9.17) is 4.74 Å². The van der Waals surface area contributed by atoms with E-state index in [-0.39, 0.29) is 17.9 Å². The number of esters is 1. The molecule has 1 aromatic heterocycles. The minimum absolute atomic E-state index is 0.0679. The van der Waals surface area contributed by atoms with E-state index in [2.05, 4.69) is 23.3 Å². The summed E-state index contributed by atoms with van der Waals surface area (Å²) in [5, 5.41) is 5.97. The van der Waals surface area contributed by atoms with Crippen LogP contribution in [0.1, 0.15) is 29.8 Å². The van der Waals surface area contributed by atoms with E-state index in [0.29, 0.717) is 5.56 Å². The second kappa shape index (κ2) is 7.67. The third-order valence-electron chi connectivity index (χ3n) is 4.97. The molecule has 6 nitrogen and oxygen atoms in total. The molecule has 29 heavy (non-hydrogen) atoms. The molecule has 0 fully saturated rings. The Hall–Kier alpha value is -3.19. The summed E-state index contributed by atoms with van der Waals surface area (Å²) in [6, 6.07) is 13.4. The van der Waals surface area contributed by atoms with Gasteiger partial charge in [-0.05, 0) is 49.2 Å². The number of aromatic nitrogens is 1. The van der Waals surface area contributed by atoms with Crippen molar-refractivity contribution in [2.24, 2.45) is 0 Å². The Balaban J connectivity index is 1.55. The number of nitrogens with zero attached hydrogens (tertiary/aromatic N) is 2. The summed E-state index contributed by atoms with van der Waals surface area (Å²) in [7, 11) is 1.36. The molecule has 1 aliphatic heterocycles. The van der Waals surface area contributed by atoms with Crippen molar-refractivity contribution in [1.29, 1.82) is 0 Å². The van der Waals surface area contributed by atoms with Crippen molar-refractivity contribution in [1.82, 2.24) is 4.98 Å². The van der Waals surface area contributed by atoms with Crippen molar-refractivity contribution < 1.29 is 14.3 Å². The SMILES string of the molecule is COC(=O)c1cccc(Nc2nc(-c3ccc4c(c3)CC(C)N4C(C)=O)cs2)c1. The average Bonchev–Trinajstić information content (AvgIpc) is 3.30. The number of hydrogen-bond donors (Lipinski definition) is 1. The third kappa shape index (κ3) is 3.73. The van der Waals surface area contributed by atoms with E-state index in [9.17, 15) is 9.59 Å². The summed E-state index contributed by atoms with van der Waals surface area (Å²) >= 11 is 1.50. The van der Waals surface area contributed by atoms with Crippen LogP contribution in [0.4, 0.5) is 16.5 Å². The van der Waals surface area contributed by atoms with Crippen molar-refractivity contribution >= 4 is 39.7 Å². The van der Waals surface area contributed by atoms with Crippen LogP contribution in [0.15, 0.2) is 47.8 Å². The smallest absolute Gasteiger partial charge is 0.337 e. The molecule has 0 aliphatic carbocycles. The highest BCUT2D eigenvalue weighted by Crippen LogP contribution is 2.36. The Labute approximate surface area is 173 Å². The number of fused-ring (bicyclic) bond motifs is 1. The fourth-order valence-corrected chi connectivity index (χ4v) is 4.44. The van der Waals surface area contributed by atoms with Gasteiger partial charge in [0, 0.05) is 35.3 Å². The fourth-order valence-electron chi connectivity index (χ4n) is 3.70. The first-order valence-electron chi connectivity index (χ1n) is 9.30. The first-order chi connectivity index (χ1) is 14.0. The molecule has 4 rings (SSSR count). The number of rotatable bonds is 4. The second-order valence-corrected chi connectivity index (χ2v) is 7.88. The van der Waals surface area contributed by atoms with Crippen molar-refractivity contribution in [2.75, 3.05) is 17.3 Å². The number of hydrogen-bond acceptors (Lipinski definition) is 6. The molecule has 3 aromatic rings.